The largest absolute Gasteiger partial charge is 0.466 e. The van der Waals surface area contributed by atoms with E-state index in [9.17, 15) is 19.2 Å². The van der Waals surface area contributed by atoms with Crippen LogP contribution in [-0.2, 0) is 28.7 Å². The summed E-state index contributed by atoms with van der Waals surface area (Å²) in [6, 6.07) is 6.86. The van der Waals surface area contributed by atoms with Gasteiger partial charge in [0.05, 0.1) is 25.0 Å². The molecule has 0 spiro atoms. The van der Waals surface area contributed by atoms with E-state index in [0.29, 0.717) is 24.2 Å². The molecule has 0 aliphatic carbocycles. The van der Waals surface area contributed by atoms with Crippen molar-refractivity contribution in [2.75, 3.05) is 13.2 Å². The number of rotatable bonds is 9. The normalized spacial score (nSPS) is 10.1. The zero-order chi connectivity index (χ0) is 23.3. The van der Waals surface area contributed by atoms with Crippen molar-refractivity contribution in [3.8, 4) is 23.7 Å². The van der Waals surface area contributed by atoms with Gasteiger partial charge in [-0.3, -0.25) is 19.2 Å². The number of ether oxygens (including phenoxy) is 2. The van der Waals surface area contributed by atoms with Crippen LogP contribution >= 0.6 is 0 Å². The first-order valence-corrected chi connectivity index (χ1v) is 10.2. The van der Waals surface area contributed by atoms with Crippen LogP contribution in [0.3, 0.4) is 0 Å². The molecule has 0 unspecified atom stereocenters. The van der Waals surface area contributed by atoms with Gasteiger partial charge >= 0.3 is 11.9 Å². The maximum atomic E-state index is 12.1. The number of ketones is 2. The molecule has 6 heteroatoms. The lowest BCUT2D eigenvalue weighted by Crippen LogP contribution is -2.27. The third-order valence-corrected chi connectivity index (χ3v) is 4.22. The predicted molar refractivity (Wildman–Crippen MR) is 116 cm³/mol. The molecule has 0 fully saturated rings. The molecule has 6 nitrogen and oxygen atoms in total. The summed E-state index contributed by atoms with van der Waals surface area (Å²) in [6.07, 6.45) is 0.496. The molecular weight excluding hydrogens is 396 g/mol. The van der Waals surface area contributed by atoms with Crippen LogP contribution in [0.1, 0.15) is 64.5 Å². The van der Waals surface area contributed by atoms with Crippen LogP contribution in [0.5, 0.6) is 0 Å². The van der Waals surface area contributed by atoms with E-state index in [1.165, 1.54) is 0 Å². The zero-order valence-corrected chi connectivity index (χ0v) is 18.5. The molecule has 31 heavy (non-hydrogen) atoms. The molecule has 0 aromatic heterocycles. The second kappa shape index (κ2) is 13.0. The van der Waals surface area contributed by atoms with Crippen LogP contribution in [0.4, 0.5) is 0 Å². The lowest BCUT2D eigenvalue weighted by molar-refractivity contribution is -0.153. The lowest BCUT2D eigenvalue weighted by Gasteiger charge is -2.21. The van der Waals surface area contributed by atoms with Crippen molar-refractivity contribution in [3.05, 3.63) is 35.4 Å². The fraction of sp³-hybridized carbons (Fsp3) is 0.440. The second-order valence-electron chi connectivity index (χ2n) is 7.34. The molecule has 164 valence electrons. The first-order chi connectivity index (χ1) is 14.7. The fourth-order valence-electron chi connectivity index (χ4n) is 2.39. The molecular formula is C25H28O6. The summed E-state index contributed by atoms with van der Waals surface area (Å²) in [5, 5.41) is 0. The van der Waals surface area contributed by atoms with Gasteiger partial charge < -0.3 is 9.47 Å². The molecule has 0 saturated heterocycles. The Bertz CT molecular complexity index is 934. The number of Topliss-reactive ketones (excluding diaryl/α,β-unsaturated/α-hetero) is 2. The van der Waals surface area contributed by atoms with Crippen LogP contribution in [0.25, 0.3) is 0 Å². The van der Waals surface area contributed by atoms with Gasteiger partial charge in [0, 0.05) is 24.0 Å². The fourth-order valence-corrected chi connectivity index (χ4v) is 2.39. The van der Waals surface area contributed by atoms with E-state index in [2.05, 4.69) is 23.7 Å². The van der Waals surface area contributed by atoms with Crippen LogP contribution in [0.15, 0.2) is 24.3 Å². The maximum absolute atomic E-state index is 12.1. The SMILES string of the molecule is CCOC(=O)CCC(=O)C#Cc1cccc(C#CC(=O)CCC(C)(C)C(=O)OCC)c1. The minimum absolute atomic E-state index is 0.00194. The Morgan fingerprint density at radius 1 is 0.839 bits per heavy atom. The maximum Gasteiger partial charge on any atom is 0.311 e. The standard InChI is InChI=1S/C25H28O6/c1-5-30-23(28)15-14-21(26)12-10-19-8-7-9-20(18-19)11-13-22(27)16-17-25(3,4)24(29)31-6-2/h7-9,18H,5-6,14-17H2,1-4H3. The van der Waals surface area contributed by atoms with Crippen molar-refractivity contribution in [3.63, 3.8) is 0 Å². The van der Waals surface area contributed by atoms with Crippen LogP contribution in [0, 0.1) is 29.1 Å². The summed E-state index contributed by atoms with van der Waals surface area (Å²) < 4.78 is 9.78. The van der Waals surface area contributed by atoms with Gasteiger partial charge in [0.2, 0.25) is 11.6 Å². The molecule has 0 heterocycles. The molecule has 0 saturated carbocycles. The van der Waals surface area contributed by atoms with Crippen LogP contribution in [0.2, 0.25) is 0 Å². The first kappa shape index (κ1) is 25.7. The molecule has 0 N–H and O–H groups in total. The molecule has 0 radical (unpaired) electrons. The Balaban J connectivity index is 2.66. The Morgan fingerprint density at radius 2 is 1.39 bits per heavy atom. The van der Waals surface area contributed by atoms with Gasteiger partial charge in [0.15, 0.2) is 0 Å². The average molecular weight is 424 g/mol. The van der Waals surface area contributed by atoms with E-state index in [1.54, 1.807) is 52.0 Å². The highest BCUT2D eigenvalue weighted by Gasteiger charge is 2.29. The van der Waals surface area contributed by atoms with Crippen molar-refractivity contribution in [2.45, 2.75) is 53.4 Å². The molecule has 1 aromatic rings. The number of carbonyl (C=O) groups is 4. The Morgan fingerprint density at radius 3 is 1.94 bits per heavy atom. The minimum atomic E-state index is -0.747. The van der Waals surface area contributed by atoms with E-state index in [4.69, 9.17) is 9.47 Å². The number of benzene rings is 1. The van der Waals surface area contributed by atoms with Crippen LogP contribution < -0.4 is 0 Å². The van der Waals surface area contributed by atoms with Crippen molar-refractivity contribution in [1.82, 2.24) is 0 Å². The van der Waals surface area contributed by atoms with E-state index in [-0.39, 0.29) is 43.4 Å². The van der Waals surface area contributed by atoms with E-state index in [1.807, 2.05) is 0 Å². The summed E-state index contributed by atoms with van der Waals surface area (Å²) in [5.41, 5.74) is 0.416. The molecule has 1 aromatic carbocycles. The number of hydrogen-bond acceptors (Lipinski definition) is 6. The summed E-state index contributed by atoms with van der Waals surface area (Å²) in [4.78, 5) is 47.0. The zero-order valence-electron chi connectivity index (χ0n) is 18.5. The van der Waals surface area contributed by atoms with Crippen molar-refractivity contribution in [1.29, 1.82) is 0 Å². The van der Waals surface area contributed by atoms with Crippen molar-refractivity contribution < 1.29 is 28.7 Å². The van der Waals surface area contributed by atoms with E-state index in [0.717, 1.165) is 0 Å². The highest BCUT2D eigenvalue weighted by molar-refractivity contribution is 5.97. The van der Waals surface area contributed by atoms with E-state index >= 15 is 0 Å². The first-order valence-electron chi connectivity index (χ1n) is 10.2. The average Bonchev–Trinajstić information content (AvgIpc) is 2.74. The van der Waals surface area contributed by atoms with Gasteiger partial charge in [-0.1, -0.05) is 17.9 Å². The third kappa shape index (κ3) is 10.3. The molecule has 0 aliphatic rings. The number of carbonyl (C=O) groups excluding carboxylic acids is 4. The lowest BCUT2D eigenvalue weighted by atomic mass is 9.87. The molecule has 1 rings (SSSR count). The molecule has 0 aliphatic heterocycles. The second-order valence-corrected chi connectivity index (χ2v) is 7.34. The quantitative estimate of drug-likeness (QED) is 0.447. The van der Waals surface area contributed by atoms with Gasteiger partial charge in [-0.05, 0) is 64.2 Å². The highest BCUT2D eigenvalue weighted by atomic mass is 16.5. The number of hydrogen-bond donors (Lipinski definition) is 0. The topological polar surface area (TPSA) is 86.7 Å². The minimum Gasteiger partial charge on any atom is -0.466 e. The summed E-state index contributed by atoms with van der Waals surface area (Å²) in [6.45, 7) is 7.49. The smallest absolute Gasteiger partial charge is 0.311 e. The predicted octanol–water partition coefficient (Wildman–Crippen LogP) is 3.24. The van der Waals surface area contributed by atoms with Crippen LogP contribution in [-0.4, -0.2) is 36.7 Å². The van der Waals surface area contributed by atoms with Gasteiger partial charge in [-0.15, -0.1) is 0 Å². The molecule has 0 amide bonds. The Labute approximate surface area is 183 Å². The van der Waals surface area contributed by atoms with Gasteiger partial charge in [0.1, 0.15) is 0 Å². The summed E-state index contributed by atoms with van der Waals surface area (Å²) in [5.74, 6) is 9.20. The van der Waals surface area contributed by atoms with Crippen molar-refractivity contribution in [2.24, 2.45) is 5.41 Å². The summed E-state index contributed by atoms with van der Waals surface area (Å²) in [7, 11) is 0. The Hall–Kier alpha value is -3.38. The highest BCUT2D eigenvalue weighted by Crippen LogP contribution is 2.24. The van der Waals surface area contributed by atoms with Gasteiger partial charge in [-0.25, -0.2) is 0 Å². The van der Waals surface area contributed by atoms with Gasteiger partial charge in [-0.2, -0.15) is 0 Å². The van der Waals surface area contributed by atoms with E-state index < -0.39 is 11.4 Å². The number of esters is 2. The monoisotopic (exact) mass is 424 g/mol. The van der Waals surface area contributed by atoms with Crippen molar-refractivity contribution >= 4 is 23.5 Å². The Kier molecular flexibility index (Phi) is 10.8. The summed E-state index contributed by atoms with van der Waals surface area (Å²) >= 11 is 0. The third-order valence-electron chi connectivity index (χ3n) is 4.22. The molecule has 0 atom stereocenters. The molecule has 0 bridgehead atoms. The van der Waals surface area contributed by atoms with Gasteiger partial charge in [0.25, 0.3) is 0 Å².